The summed E-state index contributed by atoms with van der Waals surface area (Å²) in [5.41, 5.74) is 4.20. The third kappa shape index (κ3) is 2.03. The number of aryl methyl sites for hydroxylation is 2. The number of nitrogens with zero attached hydrogens (tertiary/aromatic N) is 1. The lowest BCUT2D eigenvalue weighted by Crippen LogP contribution is -2.44. The van der Waals surface area contributed by atoms with Crippen LogP contribution in [0.4, 0.5) is 5.69 Å². The van der Waals surface area contributed by atoms with Crippen molar-refractivity contribution < 1.29 is 5.11 Å². The summed E-state index contributed by atoms with van der Waals surface area (Å²) in [5, 5.41) is 9.54. The molecular weight excluding hydrogens is 222 g/mol. The van der Waals surface area contributed by atoms with Crippen molar-refractivity contribution >= 4 is 5.69 Å². The molecule has 0 bridgehead atoms. The molecule has 0 aliphatic carbocycles. The molecule has 1 aromatic carbocycles. The SMILES string of the molecule is CCc1cccc(C)c1N1CCC(CO)C1(C)C. The van der Waals surface area contributed by atoms with E-state index in [0.717, 1.165) is 19.4 Å². The fourth-order valence-electron chi connectivity index (χ4n) is 3.25. The van der Waals surface area contributed by atoms with E-state index in [1.165, 1.54) is 16.8 Å². The Morgan fingerprint density at radius 2 is 2.11 bits per heavy atom. The lowest BCUT2D eigenvalue weighted by atomic mass is 9.88. The van der Waals surface area contributed by atoms with Gasteiger partial charge in [0, 0.05) is 30.3 Å². The standard InChI is InChI=1S/C16H25NO/c1-5-13-8-6-7-12(2)15(13)17-10-9-14(11-18)16(17,3)4/h6-8,14,18H,5,9-11H2,1-4H3. The first-order valence-electron chi connectivity index (χ1n) is 6.99. The van der Waals surface area contributed by atoms with Gasteiger partial charge in [-0.1, -0.05) is 25.1 Å². The molecular formula is C16H25NO. The van der Waals surface area contributed by atoms with Gasteiger partial charge in [0.25, 0.3) is 0 Å². The first-order valence-corrected chi connectivity index (χ1v) is 6.99. The highest BCUT2D eigenvalue weighted by molar-refractivity contribution is 5.62. The third-order valence-corrected chi connectivity index (χ3v) is 4.59. The van der Waals surface area contributed by atoms with Crippen molar-refractivity contribution in [2.24, 2.45) is 5.92 Å². The molecule has 0 radical (unpaired) electrons. The highest BCUT2D eigenvalue weighted by Crippen LogP contribution is 2.40. The number of aliphatic hydroxyl groups excluding tert-OH is 1. The molecule has 18 heavy (non-hydrogen) atoms. The summed E-state index contributed by atoms with van der Waals surface area (Å²) in [5.74, 6) is 0.377. The zero-order chi connectivity index (χ0) is 13.3. The molecule has 1 aromatic rings. The molecule has 0 spiro atoms. The molecule has 1 saturated heterocycles. The van der Waals surface area contributed by atoms with Crippen molar-refractivity contribution in [1.82, 2.24) is 0 Å². The molecule has 1 N–H and O–H groups in total. The molecule has 1 heterocycles. The largest absolute Gasteiger partial charge is 0.396 e. The molecule has 1 atom stereocenters. The van der Waals surface area contributed by atoms with Crippen LogP contribution in [0.1, 0.15) is 38.3 Å². The Bertz CT molecular complexity index is 425. The van der Waals surface area contributed by atoms with E-state index in [4.69, 9.17) is 0 Å². The van der Waals surface area contributed by atoms with Crippen LogP contribution in [0.25, 0.3) is 0 Å². The van der Waals surface area contributed by atoms with Crippen molar-refractivity contribution in [3.05, 3.63) is 29.3 Å². The first kappa shape index (κ1) is 13.4. The van der Waals surface area contributed by atoms with Crippen molar-refractivity contribution in [3.63, 3.8) is 0 Å². The minimum absolute atomic E-state index is 0.0464. The van der Waals surface area contributed by atoms with E-state index < -0.39 is 0 Å². The molecule has 2 heteroatoms. The van der Waals surface area contributed by atoms with E-state index in [9.17, 15) is 5.11 Å². The predicted molar refractivity (Wildman–Crippen MR) is 77.2 cm³/mol. The van der Waals surface area contributed by atoms with Gasteiger partial charge in [0.05, 0.1) is 0 Å². The Balaban J connectivity index is 2.44. The molecule has 2 rings (SSSR count). The summed E-state index contributed by atoms with van der Waals surface area (Å²) in [7, 11) is 0. The summed E-state index contributed by atoms with van der Waals surface area (Å²) in [4.78, 5) is 2.50. The second-order valence-electron chi connectivity index (χ2n) is 5.91. The van der Waals surface area contributed by atoms with Gasteiger partial charge in [0.15, 0.2) is 0 Å². The molecule has 1 unspecified atom stereocenters. The topological polar surface area (TPSA) is 23.5 Å². The Hall–Kier alpha value is -1.02. The van der Waals surface area contributed by atoms with E-state index in [1.807, 2.05) is 0 Å². The van der Waals surface area contributed by atoms with Crippen LogP contribution in [-0.2, 0) is 6.42 Å². The number of rotatable bonds is 3. The minimum Gasteiger partial charge on any atom is -0.396 e. The molecule has 0 amide bonds. The Labute approximate surface area is 111 Å². The maximum Gasteiger partial charge on any atom is 0.0482 e. The molecule has 2 nitrogen and oxygen atoms in total. The van der Waals surface area contributed by atoms with Crippen LogP contribution in [0.15, 0.2) is 18.2 Å². The second kappa shape index (κ2) is 4.93. The van der Waals surface area contributed by atoms with Gasteiger partial charge in [-0.05, 0) is 44.7 Å². The monoisotopic (exact) mass is 247 g/mol. The van der Waals surface area contributed by atoms with Gasteiger partial charge in [-0.3, -0.25) is 0 Å². The quantitative estimate of drug-likeness (QED) is 0.887. The average molecular weight is 247 g/mol. The lowest BCUT2D eigenvalue weighted by Gasteiger charge is -2.39. The van der Waals surface area contributed by atoms with E-state index >= 15 is 0 Å². The number of aliphatic hydroxyl groups is 1. The van der Waals surface area contributed by atoms with Crippen molar-refractivity contribution in [2.45, 2.75) is 46.1 Å². The van der Waals surface area contributed by atoms with Gasteiger partial charge in [-0.25, -0.2) is 0 Å². The number of anilines is 1. The van der Waals surface area contributed by atoms with E-state index in [1.54, 1.807) is 0 Å². The maximum absolute atomic E-state index is 9.54. The summed E-state index contributed by atoms with van der Waals surface area (Å²) in [6, 6.07) is 6.56. The fourth-order valence-corrected chi connectivity index (χ4v) is 3.25. The third-order valence-electron chi connectivity index (χ3n) is 4.59. The van der Waals surface area contributed by atoms with E-state index in [0.29, 0.717) is 5.92 Å². The molecule has 100 valence electrons. The van der Waals surface area contributed by atoms with Crippen molar-refractivity contribution in [1.29, 1.82) is 0 Å². The summed E-state index contributed by atoms with van der Waals surface area (Å²) in [6.45, 7) is 10.3. The highest BCUT2D eigenvalue weighted by Gasteiger charge is 2.41. The van der Waals surface area contributed by atoms with Crippen molar-refractivity contribution in [3.8, 4) is 0 Å². The van der Waals surface area contributed by atoms with Gasteiger partial charge in [0.1, 0.15) is 0 Å². The smallest absolute Gasteiger partial charge is 0.0482 e. The molecule has 1 aliphatic rings. The number of para-hydroxylation sites is 1. The first-order chi connectivity index (χ1) is 8.52. The van der Waals surface area contributed by atoms with Gasteiger partial charge in [-0.15, -0.1) is 0 Å². The summed E-state index contributed by atoms with van der Waals surface area (Å²) in [6.07, 6.45) is 2.15. The second-order valence-corrected chi connectivity index (χ2v) is 5.91. The highest BCUT2D eigenvalue weighted by atomic mass is 16.3. The van der Waals surface area contributed by atoms with Crippen LogP contribution in [0.3, 0.4) is 0 Å². The van der Waals surface area contributed by atoms with Gasteiger partial charge >= 0.3 is 0 Å². The zero-order valence-electron chi connectivity index (χ0n) is 12.0. The summed E-state index contributed by atoms with van der Waals surface area (Å²) < 4.78 is 0. The van der Waals surface area contributed by atoms with E-state index in [-0.39, 0.29) is 12.1 Å². The number of benzene rings is 1. The van der Waals surface area contributed by atoms with Gasteiger partial charge < -0.3 is 10.0 Å². The van der Waals surface area contributed by atoms with Gasteiger partial charge in [-0.2, -0.15) is 0 Å². The van der Waals surface area contributed by atoms with Crippen LogP contribution in [0.2, 0.25) is 0 Å². The Morgan fingerprint density at radius 1 is 1.39 bits per heavy atom. The maximum atomic E-state index is 9.54. The average Bonchev–Trinajstić information content (AvgIpc) is 2.63. The number of hydrogen-bond acceptors (Lipinski definition) is 2. The zero-order valence-corrected chi connectivity index (χ0v) is 12.0. The molecule has 0 saturated carbocycles. The van der Waals surface area contributed by atoms with Gasteiger partial charge in [0.2, 0.25) is 0 Å². The van der Waals surface area contributed by atoms with Crippen molar-refractivity contribution in [2.75, 3.05) is 18.1 Å². The van der Waals surface area contributed by atoms with E-state index in [2.05, 4.69) is 50.8 Å². The minimum atomic E-state index is 0.0464. The summed E-state index contributed by atoms with van der Waals surface area (Å²) >= 11 is 0. The lowest BCUT2D eigenvalue weighted by molar-refractivity contribution is 0.189. The normalized spacial score (nSPS) is 22.5. The predicted octanol–water partition coefficient (Wildman–Crippen LogP) is 3.15. The molecule has 1 fully saturated rings. The fraction of sp³-hybridized carbons (Fsp3) is 0.625. The van der Waals surface area contributed by atoms with Crippen LogP contribution in [0, 0.1) is 12.8 Å². The number of hydrogen-bond donors (Lipinski definition) is 1. The van der Waals surface area contributed by atoms with Crippen LogP contribution >= 0.6 is 0 Å². The Kier molecular flexibility index (Phi) is 3.67. The Morgan fingerprint density at radius 3 is 2.67 bits per heavy atom. The van der Waals surface area contributed by atoms with Crippen LogP contribution in [-0.4, -0.2) is 23.8 Å². The van der Waals surface area contributed by atoms with Crippen LogP contribution < -0.4 is 4.90 Å². The molecule has 0 aromatic heterocycles. The van der Waals surface area contributed by atoms with Crippen LogP contribution in [0.5, 0.6) is 0 Å². The molecule has 1 aliphatic heterocycles.